The lowest BCUT2D eigenvalue weighted by Crippen LogP contribution is -2.29. The van der Waals surface area contributed by atoms with E-state index < -0.39 is 0 Å². The summed E-state index contributed by atoms with van der Waals surface area (Å²) in [5.41, 5.74) is 1.31. The van der Waals surface area contributed by atoms with E-state index in [2.05, 4.69) is 55.6 Å². The van der Waals surface area contributed by atoms with Crippen LogP contribution in [0.2, 0.25) is 0 Å². The number of nitrogens with one attached hydrogen (secondary N) is 1. The van der Waals surface area contributed by atoms with Gasteiger partial charge in [0.25, 0.3) is 0 Å². The maximum absolute atomic E-state index is 3.77. The summed E-state index contributed by atoms with van der Waals surface area (Å²) in [6.07, 6.45) is 7.64. The predicted molar refractivity (Wildman–Crippen MR) is 84.8 cm³/mol. The van der Waals surface area contributed by atoms with E-state index in [9.17, 15) is 0 Å². The van der Waals surface area contributed by atoms with Crippen molar-refractivity contribution in [1.82, 2.24) is 0 Å². The molecule has 0 aliphatic heterocycles. The first kappa shape index (κ1) is 13.1. The van der Waals surface area contributed by atoms with Gasteiger partial charge in [0.2, 0.25) is 0 Å². The Bertz CT molecular complexity index is 468. The highest BCUT2D eigenvalue weighted by Gasteiger charge is 2.38. The van der Waals surface area contributed by atoms with Crippen molar-refractivity contribution in [2.24, 2.45) is 17.8 Å². The zero-order valence-electron chi connectivity index (χ0n) is 11.8. The van der Waals surface area contributed by atoms with Gasteiger partial charge in [-0.2, -0.15) is 0 Å². The van der Waals surface area contributed by atoms with Crippen molar-refractivity contribution in [3.63, 3.8) is 0 Å². The van der Waals surface area contributed by atoms with Crippen LogP contribution < -0.4 is 5.32 Å². The normalized spacial score (nSPS) is 29.7. The molecule has 102 valence electrons. The molecule has 1 aromatic rings. The highest BCUT2D eigenvalue weighted by atomic mass is 32.2. The molecule has 3 rings (SSSR count). The Morgan fingerprint density at radius 1 is 1.26 bits per heavy atom. The van der Waals surface area contributed by atoms with Gasteiger partial charge in [-0.15, -0.1) is 11.8 Å². The molecule has 4 atom stereocenters. The molecule has 0 heterocycles. The second-order valence-corrected chi connectivity index (χ2v) is 7.11. The van der Waals surface area contributed by atoms with Gasteiger partial charge < -0.3 is 5.32 Å². The fourth-order valence-electron chi connectivity index (χ4n) is 3.62. The summed E-state index contributed by atoms with van der Waals surface area (Å²) in [4.78, 5) is 1.38. The molecule has 1 aromatic carbocycles. The number of hydrogen-bond donors (Lipinski definition) is 1. The van der Waals surface area contributed by atoms with Gasteiger partial charge in [0.1, 0.15) is 0 Å². The van der Waals surface area contributed by atoms with E-state index in [1.165, 1.54) is 23.4 Å². The Kier molecular flexibility index (Phi) is 3.88. The fourth-order valence-corrected chi connectivity index (χ4v) is 4.39. The number of rotatable bonds is 5. The standard InChI is InChI=1S/C17H23NS/c1-3-19-17-7-5-4-6-16(17)18-12(2)15-11-13-8-9-14(15)10-13/h4-9,12-15,18H,3,10-11H2,1-2H3. The molecule has 2 aliphatic rings. The number of hydrogen-bond acceptors (Lipinski definition) is 2. The fraction of sp³-hybridized carbons (Fsp3) is 0.529. The first-order valence-corrected chi connectivity index (χ1v) is 8.43. The summed E-state index contributed by atoms with van der Waals surface area (Å²) in [7, 11) is 0. The zero-order chi connectivity index (χ0) is 13.2. The van der Waals surface area contributed by atoms with Gasteiger partial charge in [-0.3, -0.25) is 0 Å². The molecule has 19 heavy (non-hydrogen) atoms. The first-order valence-electron chi connectivity index (χ1n) is 7.44. The molecule has 2 bridgehead atoms. The third kappa shape index (κ3) is 2.69. The van der Waals surface area contributed by atoms with E-state index in [-0.39, 0.29) is 0 Å². The Morgan fingerprint density at radius 3 is 2.79 bits per heavy atom. The molecule has 1 N–H and O–H groups in total. The van der Waals surface area contributed by atoms with E-state index in [1.807, 2.05) is 11.8 Å². The number of para-hydroxylation sites is 1. The summed E-state index contributed by atoms with van der Waals surface area (Å²) in [5.74, 6) is 3.62. The molecule has 2 heteroatoms. The third-order valence-corrected chi connectivity index (χ3v) is 5.50. The minimum atomic E-state index is 0.568. The van der Waals surface area contributed by atoms with Gasteiger partial charge >= 0.3 is 0 Å². The van der Waals surface area contributed by atoms with E-state index in [4.69, 9.17) is 0 Å². The van der Waals surface area contributed by atoms with Crippen LogP contribution >= 0.6 is 11.8 Å². The summed E-state index contributed by atoms with van der Waals surface area (Å²) in [5, 5.41) is 3.77. The van der Waals surface area contributed by atoms with Gasteiger partial charge in [-0.1, -0.05) is 31.2 Å². The van der Waals surface area contributed by atoms with E-state index in [0.29, 0.717) is 6.04 Å². The minimum Gasteiger partial charge on any atom is -0.381 e. The second kappa shape index (κ2) is 5.62. The maximum atomic E-state index is 3.77. The van der Waals surface area contributed by atoms with E-state index >= 15 is 0 Å². The molecular weight excluding hydrogens is 250 g/mol. The van der Waals surface area contributed by atoms with Crippen molar-refractivity contribution in [2.75, 3.05) is 11.1 Å². The topological polar surface area (TPSA) is 12.0 Å². The molecule has 4 unspecified atom stereocenters. The molecular formula is C17H23NS. The predicted octanol–water partition coefficient (Wildman–Crippen LogP) is 4.81. The van der Waals surface area contributed by atoms with Crippen LogP contribution in [0.15, 0.2) is 41.3 Å². The molecule has 0 aromatic heterocycles. The highest BCUT2D eigenvalue weighted by molar-refractivity contribution is 7.99. The molecule has 1 fully saturated rings. The number of anilines is 1. The van der Waals surface area contributed by atoms with Crippen molar-refractivity contribution in [3.8, 4) is 0 Å². The number of thioether (sulfide) groups is 1. The molecule has 0 amide bonds. The van der Waals surface area contributed by atoms with Crippen molar-refractivity contribution < 1.29 is 0 Å². The molecule has 0 saturated heterocycles. The average Bonchev–Trinajstić information content (AvgIpc) is 3.03. The summed E-state index contributed by atoms with van der Waals surface area (Å²) >= 11 is 1.93. The number of benzene rings is 1. The van der Waals surface area contributed by atoms with Gasteiger partial charge in [0, 0.05) is 16.6 Å². The lowest BCUT2D eigenvalue weighted by Gasteiger charge is -2.28. The largest absolute Gasteiger partial charge is 0.381 e. The van der Waals surface area contributed by atoms with Crippen LogP contribution in [0.5, 0.6) is 0 Å². The zero-order valence-corrected chi connectivity index (χ0v) is 12.6. The monoisotopic (exact) mass is 273 g/mol. The SMILES string of the molecule is CCSc1ccccc1NC(C)C1CC2C=CC1C2. The minimum absolute atomic E-state index is 0.568. The Labute approximate surface area is 120 Å². The highest BCUT2D eigenvalue weighted by Crippen LogP contribution is 2.45. The van der Waals surface area contributed by atoms with Crippen LogP contribution in [0.4, 0.5) is 5.69 Å². The van der Waals surface area contributed by atoms with E-state index in [1.54, 1.807) is 0 Å². The lowest BCUT2D eigenvalue weighted by molar-refractivity contribution is 0.399. The smallest absolute Gasteiger partial charge is 0.0480 e. The van der Waals surface area contributed by atoms with Gasteiger partial charge in [-0.05, 0) is 55.4 Å². The van der Waals surface area contributed by atoms with Crippen molar-refractivity contribution >= 4 is 17.4 Å². The van der Waals surface area contributed by atoms with Crippen molar-refractivity contribution in [1.29, 1.82) is 0 Å². The summed E-state index contributed by atoms with van der Waals surface area (Å²) in [6, 6.07) is 9.28. The number of fused-ring (bicyclic) bond motifs is 2. The van der Waals surface area contributed by atoms with Crippen LogP contribution in [-0.2, 0) is 0 Å². The van der Waals surface area contributed by atoms with Crippen LogP contribution in [0.25, 0.3) is 0 Å². The molecule has 1 saturated carbocycles. The van der Waals surface area contributed by atoms with Gasteiger partial charge in [0.15, 0.2) is 0 Å². The van der Waals surface area contributed by atoms with Crippen LogP contribution in [-0.4, -0.2) is 11.8 Å². The third-order valence-electron chi connectivity index (χ3n) is 4.54. The summed E-state index contributed by atoms with van der Waals surface area (Å²) < 4.78 is 0. The second-order valence-electron chi connectivity index (χ2n) is 5.81. The lowest BCUT2D eigenvalue weighted by atomic mass is 9.87. The quantitative estimate of drug-likeness (QED) is 0.610. The van der Waals surface area contributed by atoms with Crippen LogP contribution in [0.3, 0.4) is 0 Å². The first-order chi connectivity index (χ1) is 9.28. The van der Waals surface area contributed by atoms with Crippen LogP contribution in [0.1, 0.15) is 26.7 Å². The molecule has 0 radical (unpaired) electrons. The van der Waals surface area contributed by atoms with E-state index in [0.717, 1.165) is 23.5 Å². The Hall–Kier alpha value is -0.890. The van der Waals surface area contributed by atoms with Crippen molar-refractivity contribution in [2.45, 2.75) is 37.6 Å². The Balaban J connectivity index is 1.69. The molecule has 1 nitrogen and oxygen atoms in total. The van der Waals surface area contributed by atoms with Crippen LogP contribution in [0, 0.1) is 17.8 Å². The maximum Gasteiger partial charge on any atom is 0.0480 e. The number of allylic oxidation sites excluding steroid dienone is 2. The molecule has 0 spiro atoms. The van der Waals surface area contributed by atoms with Gasteiger partial charge in [0.05, 0.1) is 0 Å². The summed E-state index contributed by atoms with van der Waals surface area (Å²) in [6.45, 7) is 4.57. The van der Waals surface area contributed by atoms with Crippen molar-refractivity contribution in [3.05, 3.63) is 36.4 Å². The Morgan fingerprint density at radius 2 is 2.11 bits per heavy atom. The molecule has 2 aliphatic carbocycles. The van der Waals surface area contributed by atoms with Gasteiger partial charge in [-0.25, -0.2) is 0 Å². The average molecular weight is 273 g/mol.